The van der Waals surface area contributed by atoms with Gasteiger partial charge in [-0.05, 0) is 19.8 Å². The van der Waals surface area contributed by atoms with Gasteiger partial charge in [0.1, 0.15) is 11.6 Å². The molecule has 1 aliphatic rings. The van der Waals surface area contributed by atoms with Crippen LogP contribution >= 0.6 is 0 Å². The first-order chi connectivity index (χ1) is 6.17. The molecular weight excluding hydrogens is 128 g/mol. The minimum Gasteiger partial charge on any atom is -0.300 e. The molecule has 0 N–H and O–H groups in total. The maximum atomic E-state index is 11.3. The zero-order valence-electron chi connectivity index (χ0n) is 9.81. The van der Waals surface area contributed by atoms with Gasteiger partial charge in [0, 0.05) is 24.1 Å². The number of carbonyl (C=O) groups excluding carboxylic acids is 2. The first-order valence-electron chi connectivity index (χ1n) is 5.22. The molecule has 0 bridgehead atoms. The summed E-state index contributed by atoms with van der Waals surface area (Å²) in [4.78, 5) is 22.3. The predicted molar refractivity (Wildman–Crippen MR) is 37.6 cm³/mol. The summed E-state index contributed by atoms with van der Waals surface area (Å²) in [5, 5.41) is 0. The van der Waals surface area contributed by atoms with Crippen molar-refractivity contribution in [1.29, 1.82) is 0 Å². The van der Waals surface area contributed by atoms with Gasteiger partial charge in [0.25, 0.3) is 0 Å². The Bertz CT molecular complexity index is 265. The molecule has 1 fully saturated rings. The molecule has 56 valence electrons. The number of hydrogen-bond acceptors (Lipinski definition) is 2. The van der Waals surface area contributed by atoms with Gasteiger partial charge in [0.2, 0.25) is 0 Å². The van der Waals surface area contributed by atoms with Crippen LogP contribution in [0.1, 0.15) is 38.0 Å². The summed E-state index contributed by atoms with van der Waals surface area (Å²) >= 11 is 0. The summed E-state index contributed by atoms with van der Waals surface area (Å²) in [5.74, 6) is -1.98. The molecule has 0 radical (unpaired) electrons. The fourth-order valence-electron chi connectivity index (χ4n) is 0.854. The predicted octanol–water partition coefficient (Wildman–Crippen LogP) is 1.33. The summed E-state index contributed by atoms with van der Waals surface area (Å²) < 4.78 is 29.3. The van der Waals surface area contributed by atoms with Gasteiger partial charge < -0.3 is 0 Å². The second kappa shape index (κ2) is 2.95. The van der Waals surface area contributed by atoms with Crippen molar-refractivity contribution in [2.75, 3.05) is 0 Å². The molecule has 0 amide bonds. The number of hydrogen-bond donors (Lipinski definition) is 0. The fourth-order valence-corrected chi connectivity index (χ4v) is 0.854. The standard InChI is InChI=1S/C8H12O2/c1-6(9)7-2-4-8(10)5-3-7/h7H,2-5H2,1H3/i4D2,5D2. The zero-order valence-corrected chi connectivity index (χ0v) is 5.81. The van der Waals surface area contributed by atoms with Crippen LogP contribution in [0.2, 0.25) is 0 Å². The summed E-state index contributed by atoms with van der Waals surface area (Å²) in [7, 11) is 0. The third-order valence-corrected chi connectivity index (χ3v) is 1.59. The molecule has 2 heteroatoms. The van der Waals surface area contributed by atoms with Gasteiger partial charge in [-0.1, -0.05) is 0 Å². The highest BCUT2D eigenvalue weighted by Crippen LogP contribution is 2.21. The quantitative estimate of drug-likeness (QED) is 0.556. The van der Waals surface area contributed by atoms with Crippen LogP contribution in [0.15, 0.2) is 0 Å². The van der Waals surface area contributed by atoms with Crippen molar-refractivity contribution in [2.24, 2.45) is 5.92 Å². The normalized spacial score (nSPS) is 37.1. The van der Waals surface area contributed by atoms with E-state index in [0.29, 0.717) is 0 Å². The van der Waals surface area contributed by atoms with Crippen LogP contribution in [0.4, 0.5) is 0 Å². The smallest absolute Gasteiger partial charge is 0.132 e. The van der Waals surface area contributed by atoms with Gasteiger partial charge in [-0.3, -0.25) is 9.59 Å². The highest BCUT2D eigenvalue weighted by molar-refractivity contribution is 5.84. The minimum absolute atomic E-state index is 0.194. The van der Waals surface area contributed by atoms with Gasteiger partial charge in [0.15, 0.2) is 0 Å². The Morgan fingerprint density at radius 2 is 2.10 bits per heavy atom. The van der Waals surface area contributed by atoms with Crippen LogP contribution in [0.25, 0.3) is 0 Å². The van der Waals surface area contributed by atoms with Crippen molar-refractivity contribution in [2.45, 2.75) is 32.5 Å². The SMILES string of the molecule is [2H]C1([2H])CC(C(C)=O)CC([2H])([2H])C1=O. The highest BCUT2D eigenvalue weighted by atomic mass is 16.1. The number of ketones is 2. The second-order valence-corrected chi connectivity index (χ2v) is 2.40. The molecule has 0 spiro atoms. The molecule has 1 aliphatic carbocycles. The zero-order chi connectivity index (χ0) is 11.1. The Morgan fingerprint density at radius 1 is 1.60 bits per heavy atom. The molecule has 0 aromatic rings. The number of rotatable bonds is 1. The Labute approximate surface area is 66.2 Å². The van der Waals surface area contributed by atoms with E-state index in [-0.39, 0.29) is 18.6 Å². The van der Waals surface area contributed by atoms with E-state index in [4.69, 9.17) is 5.48 Å². The second-order valence-electron chi connectivity index (χ2n) is 2.40. The highest BCUT2D eigenvalue weighted by Gasteiger charge is 2.21. The average molecular weight is 144 g/mol. The van der Waals surface area contributed by atoms with Gasteiger partial charge in [-0.15, -0.1) is 0 Å². The topological polar surface area (TPSA) is 34.1 Å². The maximum absolute atomic E-state index is 11.3. The molecule has 2 nitrogen and oxygen atoms in total. The first-order valence-corrected chi connectivity index (χ1v) is 3.22. The molecule has 0 unspecified atom stereocenters. The molecule has 1 rings (SSSR count). The maximum Gasteiger partial charge on any atom is 0.132 e. The third kappa shape index (κ3) is 1.66. The molecule has 0 aromatic heterocycles. The Balaban J connectivity index is 2.97. The lowest BCUT2D eigenvalue weighted by atomic mass is 9.86. The lowest BCUT2D eigenvalue weighted by molar-refractivity contribution is -0.125. The molecular formula is C8H12O2. The molecule has 10 heavy (non-hydrogen) atoms. The molecule has 0 saturated heterocycles. The van der Waals surface area contributed by atoms with Crippen LogP contribution in [-0.4, -0.2) is 11.6 Å². The average Bonchev–Trinajstić information content (AvgIpc) is 1.98. The van der Waals surface area contributed by atoms with Crippen molar-refractivity contribution < 1.29 is 15.1 Å². The fraction of sp³-hybridized carbons (Fsp3) is 0.750. The van der Waals surface area contributed by atoms with E-state index in [0.717, 1.165) is 0 Å². The van der Waals surface area contributed by atoms with Gasteiger partial charge in [-0.2, -0.15) is 0 Å². The van der Waals surface area contributed by atoms with Gasteiger partial charge in [-0.25, -0.2) is 0 Å². The Morgan fingerprint density at radius 3 is 2.50 bits per heavy atom. The van der Waals surface area contributed by atoms with Crippen LogP contribution in [0.3, 0.4) is 0 Å². The molecule has 0 heterocycles. The van der Waals surface area contributed by atoms with Crippen molar-refractivity contribution in [3.05, 3.63) is 0 Å². The van der Waals surface area contributed by atoms with Gasteiger partial charge in [0.05, 0.1) is 0 Å². The minimum atomic E-state index is -2.21. The van der Waals surface area contributed by atoms with Crippen LogP contribution in [0.5, 0.6) is 0 Å². The van der Waals surface area contributed by atoms with Crippen molar-refractivity contribution in [3.8, 4) is 0 Å². The van der Waals surface area contributed by atoms with Crippen molar-refractivity contribution >= 4 is 11.6 Å². The summed E-state index contributed by atoms with van der Waals surface area (Å²) in [6.45, 7) is 1.30. The van der Waals surface area contributed by atoms with E-state index in [2.05, 4.69) is 0 Å². The summed E-state index contributed by atoms with van der Waals surface area (Å²) in [5.41, 5.74) is 0. The first kappa shape index (κ1) is 3.65. The lowest BCUT2D eigenvalue weighted by Crippen LogP contribution is -2.19. The lowest BCUT2D eigenvalue weighted by Gasteiger charge is -2.17. The van der Waals surface area contributed by atoms with Crippen molar-refractivity contribution in [1.82, 2.24) is 0 Å². The monoisotopic (exact) mass is 144 g/mol. The molecule has 0 atom stereocenters. The van der Waals surface area contributed by atoms with E-state index in [1.54, 1.807) is 0 Å². The summed E-state index contributed by atoms with van der Waals surface area (Å²) in [6, 6.07) is 0. The largest absolute Gasteiger partial charge is 0.300 e. The van der Waals surface area contributed by atoms with E-state index in [1.165, 1.54) is 6.92 Å². The Hall–Kier alpha value is -0.660. The van der Waals surface area contributed by atoms with E-state index < -0.39 is 24.4 Å². The van der Waals surface area contributed by atoms with Crippen LogP contribution in [0, 0.1) is 5.92 Å². The van der Waals surface area contributed by atoms with Crippen molar-refractivity contribution in [3.63, 3.8) is 0 Å². The van der Waals surface area contributed by atoms with E-state index in [1.807, 2.05) is 0 Å². The van der Waals surface area contributed by atoms with Crippen LogP contribution < -0.4 is 0 Å². The number of Topliss-reactive ketones (excluding diaryl/α,β-unsaturated/α-hetero) is 2. The molecule has 0 aliphatic heterocycles. The third-order valence-electron chi connectivity index (χ3n) is 1.59. The molecule has 1 saturated carbocycles. The van der Waals surface area contributed by atoms with Crippen LogP contribution in [-0.2, 0) is 9.59 Å². The van der Waals surface area contributed by atoms with E-state index >= 15 is 0 Å². The van der Waals surface area contributed by atoms with E-state index in [9.17, 15) is 9.59 Å². The summed E-state index contributed by atoms with van der Waals surface area (Å²) in [6.07, 6.45) is -4.81. The number of carbonyl (C=O) groups is 2. The molecule has 0 aromatic carbocycles. The Kier molecular flexibility index (Phi) is 1.08. The van der Waals surface area contributed by atoms with Gasteiger partial charge >= 0.3 is 0 Å².